The summed E-state index contributed by atoms with van der Waals surface area (Å²) in [6, 6.07) is 2.57. The zero-order chi connectivity index (χ0) is 25.8. The topological polar surface area (TPSA) is 113 Å². The standard InChI is InChI=1S/C24H26ClFN4O5S/c1-3-14-11-35-12-15(9-19(31)32)30(14)10-18-20(24(33)34-2)21(16-5-4-13(26)8-17(16)25)29-22(28-18)23-27-6-7-36-23/h4-8,14-15,21H,3,9-12H2,1-2H3,(H,28,29)(H,31,32)/t14?,15?,21-/m0/s1. The summed E-state index contributed by atoms with van der Waals surface area (Å²) < 4.78 is 24.6. The molecule has 1 fully saturated rings. The highest BCUT2D eigenvalue weighted by molar-refractivity contribution is 7.11. The number of carboxylic acid groups (broad SMARTS) is 1. The number of esters is 1. The first kappa shape index (κ1) is 26.2. The molecule has 3 heterocycles. The van der Waals surface area contributed by atoms with Crippen LogP contribution in [0.1, 0.15) is 36.4 Å². The quantitative estimate of drug-likeness (QED) is 0.493. The normalized spacial score (nSPS) is 22.7. The van der Waals surface area contributed by atoms with Crippen molar-refractivity contribution in [2.24, 2.45) is 4.99 Å². The summed E-state index contributed by atoms with van der Waals surface area (Å²) in [4.78, 5) is 35.8. The Morgan fingerprint density at radius 3 is 2.78 bits per heavy atom. The molecule has 1 saturated heterocycles. The van der Waals surface area contributed by atoms with Crippen LogP contribution >= 0.6 is 22.9 Å². The molecule has 9 nitrogen and oxygen atoms in total. The number of amidine groups is 1. The molecule has 2 aromatic rings. The van der Waals surface area contributed by atoms with E-state index in [2.05, 4.69) is 10.3 Å². The number of halogens is 2. The Bertz CT molecular complexity index is 1190. The van der Waals surface area contributed by atoms with Crippen molar-refractivity contribution in [3.8, 4) is 0 Å². The van der Waals surface area contributed by atoms with E-state index in [1.54, 1.807) is 11.6 Å². The van der Waals surface area contributed by atoms with Gasteiger partial charge in [-0.2, -0.15) is 0 Å². The van der Waals surface area contributed by atoms with Crippen LogP contribution in [0.3, 0.4) is 0 Å². The number of morpholine rings is 1. The first-order valence-electron chi connectivity index (χ1n) is 11.4. The van der Waals surface area contributed by atoms with Crippen molar-refractivity contribution < 1.29 is 28.6 Å². The summed E-state index contributed by atoms with van der Waals surface area (Å²) in [6.07, 6.45) is 2.25. The summed E-state index contributed by atoms with van der Waals surface area (Å²) in [5.74, 6) is -1.65. The highest BCUT2D eigenvalue weighted by atomic mass is 35.5. The van der Waals surface area contributed by atoms with Gasteiger partial charge in [0.25, 0.3) is 0 Å². The highest BCUT2D eigenvalue weighted by Gasteiger charge is 2.38. The number of nitrogens with zero attached hydrogens (tertiary/aromatic N) is 3. The molecule has 0 radical (unpaired) electrons. The van der Waals surface area contributed by atoms with Crippen LogP contribution < -0.4 is 5.32 Å². The van der Waals surface area contributed by atoms with Crippen molar-refractivity contribution in [3.05, 3.63) is 62.5 Å². The van der Waals surface area contributed by atoms with Crippen molar-refractivity contribution in [2.75, 3.05) is 26.9 Å². The molecule has 0 bridgehead atoms. The number of rotatable bonds is 8. The number of aliphatic imine (C=N–C) groups is 1. The van der Waals surface area contributed by atoms with Crippen LogP contribution in [0.4, 0.5) is 4.39 Å². The van der Waals surface area contributed by atoms with Crippen LogP contribution in [0.5, 0.6) is 0 Å². The largest absolute Gasteiger partial charge is 0.481 e. The van der Waals surface area contributed by atoms with Gasteiger partial charge in [0.1, 0.15) is 11.9 Å². The molecule has 3 atom stereocenters. The molecule has 2 aliphatic heterocycles. The van der Waals surface area contributed by atoms with Gasteiger partial charge in [-0.1, -0.05) is 24.6 Å². The number of carboxylic acids is 1. The Morgan fingerprint density at radius 2 is 2.14 bits per heavy atom. The van der Waals surface area contributed by atoms with E-state index >= 15 is 0 Å². The van der Waals surface area contributed by atoms with Gasteiger partial charge in [-0.3, -0.25) is 14.7 Å². The third kappa shape index (κ3) is 5.59. The lowest BCUT2D eigenvalue weighted by atomic mass is 9.94. The number of ether oxygens (including phenoxy) is 2. The highest BCUT2D eigenvalue weighted by Crippen LogP contribution is 2.37. The third-order valence-corrected chi connectivity index (χ3v) is 7.31. The molecule has 0 saturated carbocycles. The van der Waals surface area contributed by atoms with Crippen LogP contribution in [0, 0.1) is 5.82 Å². The lowest BCUT2D eigenvalue weighted by Crippen LogP contribution is -2.54. The number of carbonyl (C=O) groups is 2. The molecule has 0 amide bonds. The monoisotopic (exact) mass is 536 g/mol. The third-order valence-electron chi connectivity index (χ3n) is 6.20. The lowest BCUT2D eigenvalue weighted by molar-refractivity contribution is -0.141. The summed E-state index contributed by atoms with van der Waals surface area (Å²) in [5.41, 5.74) is 1.13. The van der Waals surface area contributed by atoms with Crippen molar-refractivity contribution in [1.82, 2.24) is 15.2 Å². The fourth-order valence-electron chi connectivity index (χ4n) is 4.47. The Kier molecular flexibility index (Phi) is 8.35. The molecule has 2 aliphatic rings. The summed E-state index contributed by atoms with van der Waals surface area (Å²) in [7, 11) is 1.27. The van der Waals surface area contributed by atoms with E-state index in [1.165, 1.54) is 36.6 Å². The maximum atomic E-state index is 13.8. The van der Waals surface area contributed by atoms with Gasteiger partial charge in [-0.15, -0.1) is 11.3 Å². The van der Waals surface area contributed by atoms with E-state index in [4.69, 9.17) is 26.1 Å². The minimum atomic E-state index is -0.940. The first-order chi connectivity index (χ1) is 17.3. The Hall–Kier alpha value is -2.86. The molecular weight excluding hydrogens is 511 g/mol. The van der Waals surface area contributed by atoms with Gasteiger partial charge in [0.15, 0.2) is 10.8 Å². The van der Waals surface area contributed by atoms with E-state index in [-0.39, 0.29) is 36.2 Å². The van der Waals surface area contributed by atoms with Crippen LogP contribution in [-0.4, -0.2) is 71.7 Å². The van der Waals surface area contributed by atoms with E-state index in [0.29, 0.717) is 28.7 Å². The summed E-state index contributed by atoms with van der Waals surface area (Å²) in [5, 5.41) is 15.2. The number of carbonyl (C=O) groups excluding carboxylic acids is 1. The second kappa shape index (κ2) is 11.5. The van der Waals surface area contributed by atoms with Crippen molar-refractivity contribution in [3.63, 3.8) is 0 Å². The number of methoxy groups -OCH3 is 1. The number of thiazole rings is 1. The van der Waals surface area contributed by atoms with Gasteiger partial charge in [-0.05, 0) is 18.6 Å². The maximum Gasteiger partial charge on any atom is 0.338 e. The van der Waals surface area contributed by atoms with E-state index in [0.717, 1.165) is 6.42 Å². The number of aromatic nitrogens is 1. The number of nitrogens with one attached hydrogen (secondary N) is 1. The number of benzene rings is 1. The molecule has 1 aromatic carbocycles. The SMILES string of the molecule is CCC1COCC(CC(=O)O)N1CC1=C(C(=O)OC)[C@H](c2ccc(F)cc2Cl)N=C(c2nccs2)N1. The van der Waals surface area contributed by atoms with Gasteiger partial charge in [0, 0.05) is 46.5 Å². The fraction of sp³-hybridized carbons (Fsp3) is 0.417. The number of hydrogen-bond acceptors (Lipinski definition) is 9. The fourth-order valence-corrected chi connectivity index (χ4v) is 5.33. The van der Waals surface area contributed by atoms with E-state index in [1.807, 2.05) is 11.8 Å². The molecule has 0 spiro atoms. The predicted molar refractivity (Wildman–Crippen MR) is 133 cm³/mol. The number of hydrogen-bond donors (Lipinski definition) is 2. The zero-order valence-electron chi connectivity index (χ0n) is 19.7. The van der Waals surface area contributed by atoms with Crippen LogP contribution in [0.15, 0.2) is 46.0 Å². The van der Waals surface area contributed by atoms with E-state index < -0.39 is 29.8 Å². The molecule has 4 rings (SSSR count). The van der Waals surface area contributed by atoms with Crippen molar-refractivity contribution >= 4 is 40.7 Å². The van der Waals surface area contributed by atoms with Gasteiger partial charge >= 0.3 is 11.9 Å². The van der Waals surface area contributed by atoms with Crippen molar-refractivity contribution in [1.29, 1.82) is 0 Å². The first-order valence-corrected chi connectivity index (χ1v) is 12.6. The van der Waals surface area contributed by atoms with Gasteiger partial charge in [-0.25, -0.2) is 14.2 Å². The van der Waals surface area contributed by atoms with Gasteiger partial charge in [0.2, 0.25) is 0 Å². The van der Waals surface area contributed by atoms with Gasteiger partial charge < -0.3 is 19.9 Å². The Morgan fingerprint density at radius 1 is 1.36 bits per heavy atom. The average molecular weight is 537 g/mol. The molecule has 192 valence electrons. The van der Waals surface area contributed by atoms with Crippen LogP contribution in [0.25, 0.3) is 0 Å². The lowest BCUT2D eigenvalue weighted by Gasteiger charge is -2.42. The Balaban J connectivity index is 1.83. The second-order valence-electron chi connectivity index (χ2n) is 8.42. The van der Waals surface area contributed by atoms with Crippen LogP contribution in [0.2, 0.25) is 5.02 Å². The zero-order valence-corrected chi connectivity index (χ0v) is 21.3. The molecule has 12 heteroatoms. The molecule has 2 N–H and O–H groups in total. The predicted octanol–water partition coefficient (Wildman–Crippen LogP) is 3.41. The maximum absolute atomic E-state index is 13.8. The van der Waals surface area contributed by atoms with Crippen molar-refractivity contribution in [2.45, 2.75) is 37.9 Å². The minimum absolute atomic E-state index is 0.0636. The molecule has 2 unspecified atom stereocenters. The minimum Gasteiger partial charge on any atom is -0.481 e. The smallest absolute Gasteiger partial charge is 0.338 e. The molecule has 0 aliphatic carbocycles. The van der Waals surface area contributed by atoms with Crippen LogP contribution in [-0.2, 0) is 19.1 Å². The number of aliphatic carboxylic acids is 1. The Labute approximate surface area is 216 Å². The molecule has 1 aromatic heterocycles. The summed E-state index contributed by atoms with van der Waals surface area (Å²) in [6.45, 7) is 2.90. The second-order valence-corrected chi connectivity index (χ2v) is 9.72. The summed E-state index contributed by atoms with van der Waals surface area (Å²) >= 11 is 7.77. The molecule has 36 heavy (non-hydrogen) atoms. The average Bonchev–Trinajstić information content (AvgIpc) is 3.39. The van der Waals surface area contributed by atoms with E-state index in [9.17, 15) is 19.1 Å². The van der Waals surface area contributed by atoms with Gasteiger partial charge in [0.05, 0.1) is 32.3 Å². The molecular formula is C24H26ClFN4O5S.